The molecule has 0 saturated heterocycles. The van der Waals surface area contributed by atoms with E-state index in [9.17, 15) is 17.6 Å². The minimum Gasteiger partial charge on any atom is -0.212 e. The Hall–Kier alpha value is -1.39. The fourth-order valence-corrected chi connectivity index (χ4v) is 7.94. The van der Waals surface area contributed by atoms with Gasteiger partial charge in [-0.05, 0) is 124 Å². The first kappa shape index (κ1) is 30.6. The van der Waals surface area contributed by atoms with Gasteiger partial charge in [-0.3, -0.25) is 0 Å². The number of halogens is 5. The lowest BCUT2D eigenvalue weighted by Gasteiger charge is -2.38. The molecule has 0 atom stereocenters. The Morgan fingerprint density at radius 1 is 0.795 bits per heavy atom. The summed E-state index contributed by atoms with van der Waals surface area (Å²) in [5.74, 6) is 1.72. The predicted octanol–water partition coefficient (Wildman–Crippen LogP) is 11.6. The van der Waals surface area contributed by atoms with E-state index in [0.29, 0.717) is 43.9 Å². The Morgan fingerprint density at radius 2 is 1.38 bits per heavy atom. The highest BCUT2D eigenvalue weighted by molar-refractivity contribution is 5.27. The summed E-state index contributed by atoms with van der Waals surface area (Å²) in [6, 6.07) is 5.84. The summed E-state index contributed by atoms with van der Waals surface area (Å²) in [4.78, 5) is 0. The molecule has 5 heteroatoms. The Labute approximate surface area is 233 Å². The van der Waals surface area contributed by atoms with Gasteiger partial charge < -0.3 is 0 Å². The molecule has 0 unspecified atom stereocenters. The van der Waals surface area contributed by atoms with Crippen LogP contribution in [0, 0.1) is 35.4 Å². The molecule has 0 aliphatic heterocycles. The van der Waals surface area contributed by atoms with Crippen molar-refractivity contribution < 1.29 is 22.0 Å². The Balaban J connectivity index is 1.17. The van der Waals surface area contributed by atoms with E-state index < -0.39 is 17.9 Å². The van der Waals surface area contributed by atoms with Gasteiger partial charge in [0.25, 0.3) is 0 Å². The number of benzene rings is 1. The van der Waals surface area contributed by atoms with Crippen molar-refractivity contribution >= 4 is 0 Å². The van der Waals surface area contributed by atoms with E-state index in [1.54, 1.807) is 6.07 Å². The maximum Gasteiger partial charge on any atom is 0.412 e. The van der Waals surface area contributed by atoms with E-state index in [2.05, 4.69) is 13.0 Å². The van der Waals surface area contributed by atoms with Gasteiger partial charge in [0.05, 0.1) is 6.08 Å². The van der Waals surface area contributed by atoms with Gasteiger partial charge in [0.1, 0.15) is 11.6 Å². The predicted molar refractivity (Wildman–Crippen MR) is 150 cm³/mol. The van der Waals surface area contributed by atoms with Gasteiger partial charge in [0.2, 0.25) is 0 Å². The van der Waals surface area contributed by atoms with E-state index in [1.807, 2.05) is 6.07 Å². The molecule has 0 nitrogen and oxygen atoms in total. The van der Waals surface area contributed by atoms with Crippen LogP contribution in [0.4, 0.5) is 22.0 Å². The second-order valence-electron chi connectivity index (χ2n) is 13.1. The largest absolute Gasteiger partial charge is 0.412 e. The second kappa shape index (κ2) is 14.5. The van der Waals surface area contributed by atoms with Crippen molar-refractivity contribution in [3.05, 3.63) is 47.0 Å². The third-order valence-electron chi connectivity index (χ3n) is 10.5. The van der Waals surface area contributed by atoms with Crippen molar-refractivity contribution in [1.29, 1.82) is 0 Å². The first-order valence-electron chi connectivity index (χ1n) is 15.9. The van der Waals surface area contributed by atoms with Crippen LogP contribution in [-0.2, 0) is 6.42 Å². The van der Waals surface area contributed by atoms with E-state index >= 15 is 4.39 Å². The minimum absolute atomic E-state index is 0.121. The lowest BCUT2D eigenvalue weighted by Crippen LogP contribution is -2.25. The van der Waals surface area contributed by atoms with Crippen LogP contribution < -0.4 is 0 Å². The fourth-order valence-electron chi connectivity index (χ4n) is 7.94. The van der Waals surface area contributed by atoms with Crippen LogP contribution in [-0.4, -0.2) is 6.18 Å². The van der Waals surface area contributed by atoms with E-state index in [4.69, 9.17) is 0 Å². The molecule has 0 radical (unpaired) electrons. The van der Waals surface area contributed by atoms with Gasteiger partial charge >= 0.3 is 6.18 Å². The van der Waals surface area contributed by atoms with Crippen molar-refractivity contribution in [3.63, 3.8) is 0 Å². The Kier molecular flexibility index (Phi) is 11.4. The number of aryl methyl sites for hydroxylation is 1. The molecule has 1 aromatic carbocycles. The van der Waals surface area contributed by atoms with Gasteiger partial charge in [-0.2, -0.15) is 13.2 Å². The maximum absolute atomic E-state index is 15.0. The first-order chi connectivity index (χ1) is 18.7. The molecular weight excluding hydrogens is 503 g/mol. The molecule has 4 rings (SSSR count). The molecule has 3 saturated carbocycles. The number of unbranched alkanes of at least 4 members (excludes halogenated alkanes) is 2. The second-order valence-corrected chi connectivity index (χ2v) is 13.1. The molecule has 0 aromatic heterocycles. The normalized spacial score (nSPS) is 30.9. The highest BCUT2D eigenvalue weighted by Crippen LogP contribution is 2.45. The zero-order valence-corrected chi connectivity index (χ0v) is 23.9. The zero-order valence-electron chi connectivity index (χ0n) is 23.9. The topological polar surface area (TPSA) is 0 Å². The average molecular weight is 553 g/mol. The summed E-state index contributed by atoms with van der Waals surface area (Å²) < 4.78 is 66.2. The van der Waals surface area contributed by atoms with E-state index in [0.717, 1.165) is 35.3 Å². The van der Waals surface area contributed by atoms with Crippen LogP contribution >= 0.6 is 0 Å². The van der Waals surface area contributed by atoms with Gasteiger partial charge in [0, 0.05) is 5.92 Å². The molecule has 0 N–H and O–H groups in total. The monoisotopic (exact) mass is 552 g/mol. The third kappa shape index (κ3) is 9.32. The van der Waals surface area contributed by atoms with Gasteiger partial charge in [0.15, 0.2) is 0 Å². The van der Waals surface area contributed by atoms with Crippen LogP contribution in [0.1, 0.15) is 133 Å². The Morgan fingerprint density at radius 3 is 1.97 bits per heavy atom. The molecule has 0 bridgehead atoms. The van der Waals surface area contributed by atoms with Crippen molar-refractivity contribution in [2.45, 2.75) is 135 Å². The maximum atomic E-state index is 15.0. The minimum atomic E-state index is -4.60. The van der Waals surface area contributed by atoms with E-state index in [1.165, 1.54) is 77.0 Å². The van der Waals surface area contributed by atoms with Crippen molar-refractivity contribution in [3.8, 4) is 0 Å². The molecular formula is C34H49F5. The SMILES string of the molecule is CCCCCC1CCC(C2CCC(c3ccc(CCC4CCC(/C(F)=C/C(F)(F)F)CC4)c(F)c3)CC2)CC1. The zero-order chi connectivity index (χ0) is 27.8. The van der Waals surface area contributed by atoms with Gasteiger partial charge in [-0.1, -0.05) is 57.6 Å². The summed E-state index contributed by atoms with van der Waals surface area (Å²) in [6.07, 6.45) is 15.0. The van der Waals surface area contributed by atoms with Crippen LogP contribution in [0.3, 0.4) is 0 Å². The molecule has 39 heavy (non-hydrogen) atoms. The van der Waals surface area contributed by atoms with Gasteiger partial charge in [-0.25, -0.2) is 8.78 Å². The highest BCUT2D eigenvalue weighted by atomic mass is 19.4. The van der Waals surface area contributed by atoms with Crippen LogP contribution in [0.25, 0.3) is 0 Å². The summed E-state index contributed by atoms with van der Waals surface area (Å²) in [5.41, 5.74) is 1.87. The van der Waals surface area contributed by atoms with Crippen molar-refractivity contribution in [2.75, 3.05) is 0 Å². The van der Waals surface area contributed by atoms with Crippen LogP contribution in [0.2, 0.25) is 0 Å². The van der Waals surface area contributed by atoms with Gasteiger partial charge in [-0.15, -0.1) is 0 Å². The molecule has 220 valence electrons. The van der Waals surface area contributed by atoms with Crippen molar-refractivity contribution in [1.82, 2.24) is 0 Å². The molecule has 0 amide bonds. The van der Waals surface area contributed by atoms with Crippen LogP contribution in [0.5, 0.6) is 0 Å². The molecule has 0 spiro atoms. The smallest absolute Gasteiger partial charge is 0.212 e. The average Bonchev–Trinajstić information content (AvgIpc) is 2.92. The van der Waals surface area contributed by atoms with Crippen LogP contribution in [0.15, 0.2) is 30.1 Å². The number of hydrogen-bond acceptors (Lipinski definition) is 0. The lowest BCUT2D eigenvalue weighted by molar-refractivity contribution is -0.0821. The number of hydrogen-bond donors (Lipinski definition) is 0. The number of allylic oxidation sites excluding steroid dienone is 2. The van der Waals surface area contributed by atoms with Crippen molar-refractivity contribution in [2.24, 2.45) is 29.6 Å². The number of alkyl halides is 3. The van der Waals surface area contributed by atoms with E-state index in [-0.39, 0.29) is 11.9 Å². The third-order valence-corrected chi connectivity index (χ3v) is 10.5. The quantitative estimate of drug-likeness (QED) is 0.200. The summed E-state index contributed by atoms with van der Waals surface area (Å²) in [7, 11) is 0. The summed E-state index contributed by atoms with van der Waals surface area (Å²) in [6.45, 7) is 2.28. The molecule has 0 heterocycles. The molecule has 3 aliphatic carbocycles. The lowest BCUT2D eigenvalue weighted by atomic mass is 9.68. The molecule has 3 fully saturated rings. The molecule has 1 aromatic rings. The molecule has 3 aliphatic rings. The number of rotatable bonds is 10. The highest BCUT2D eigenvalue weighted by Gasteiger charge is 2.32. The Bertz CT molecular complexity index is 895. The summed E-state index contributed by atoms with van der Waals surface area (Å²) >= 11 is 0. The standard InChI is InChI=1S/C34H49F5/c1-2-3-4-5-24-6-11-26(12-7-24)27-16-18-28(19-17-27)31-21-20-29(32(35)22-31)13-8-25-9-14-30(15-10-25)33(36)23-34(37,38)39/h20-28,30H,2-19H2,1H3/b33-23-. The fraction of sp³-hybridized carbons (Fsp3) is 0.765. The first-order valence-corrected chi connectivity index (χ1v) is 15.9. The summed E-state index contributed by atoms with van der Waals surface area (Å²) in [5, 5.41) is 0.